The molecule has 1 N–H and O–H groups in total. The van der Waals surface area contributed by atoms with E-state index < -0.39 is 0 Å². The number of likely N-dealkylation sites (N-methyl/N-ethyl adjacent to an activating group) is 1. The lowest BCUT2D eigenvalue weighted by Crippen LogP contribution is -2.37. The van der Waals surface area contributed by atoms with Crippen molar-refractivity contribution in [2.75, 3.05) is 7.05 Å². The quantitative estimate of drug-likeness (QED) is 0.664. The van der Waals surface area contributed by atoms with Crippen LogP contribution in [-0.4, -0.2) is 25.2 Å². The summed E-state index contributed by atoms with van der Waals surface area (Å²) in [7, 11) is 1.79. The summed E-state index contributed by atoms with van der Waals surface area (Å²) in [6, 6.07) is -0.164. The molecule has 0 fully saturated rings. The molecule has 0 aliphatic rings. The van der Waals surface area contributed by atoms with Crippen molar-refractivity contribution in [2.45, 2.75) is 46.3 Å². The Balaban J connectivity index is 3.99. The maximum Gasteiger partial charge on any atom is 0.323 e. The summed E-state index contributed by atoms with van der Waals surface area (Å²) in [6.07, 6.45) is 0.790. The number of hydrogen-bond donors (Lipinski definition) is 1. The van der Waals surface area contributed by atoms with Gasteiger partial charge in [0.1, 0.15) is 6.04 Å². The number of rotatable bonds is 5. The van der Waals surface area contributed by atoms with E-state index in [2.05, 4.69) is 19.2 Å². The predicted octanol–water partition coefficient (Wildman–Crippen LogP) is 1.57. The summed E-state index contributed by atoms with van der Waals surface area (Å²) < 4.78 is 5.10. The molecule has 0 heterocycles. The number of hydrogen-bond acceptors (Lipinski definition) is 3. The van der Waals surface area contributed by atoms with Crippen LogP contribution in [0.5, 0.6) is 0 Å². The molecule has 3 nitrogen and oxygen atoms in total. The Kier molecular flexibility index (Phi) is 5.71. The van der Waals surface area contributed by atoms with Gasteiger partial charge >= 0.3 is 5.97 Å². The Labute approximate surface area is 80.8 Å². The van der Waals surface area contributed by atoms with Crippen LogP contribution in [0.15, 0.2) is 0 Å². The molecular formula is C10H21NO2. The van der Waals surface area contributed by atoms with Crippen molar-refractivity contribution in [3.63, 3.8) is 0 Å². The molecule has 78 valence electrons. The third-order valence-corrected chi connectivity index (χ3v) is 1.69. The summed E-state index contributed by atoms with van der Waals surface area (Å²) in [5, 5.41) is 2.96. The minimum absolute atomic E-state index is 0.0319. The van der Waals surface area contributed by atoms with Crippen molar-refractivity contribution >= 4 is 5.97 Å². The first kappa shape index (κ1) is 12.4. The van der Waals surface area contributed by atoms with Gasteiger partial charge in [-0.05, 0) is 33.2 Å². The zero-order chi connectivity index (χ0) is 10.4. The fourth-order valence-electron chi connectivity index (χ4n) is 1.12. The number of nitrogens with one attached hydrogen (secondary N) is 1. The standard InChI is InChI=1S/C10H21NO2/c1-7(2)6-9(11-5)10(12)13-8(3)4/h7-9,11H,6H2,1-5H3. The van der Waals surface area contributed by atoms with Crippen LogP contribution in [0.1, 0.15) is 34.1 Å². The van der Waals surface area contributed by atoms with Crippen molar-refractivity contribution < 1.29 is 9.53 Å². The number of carbonyl (C=O) groups is 1. The Morgan fingerprint density at radius 1 is 1.31 bits per heavy atom. The van der Waals surface area contributed by atoms with Crippen LogP contribution >= 0.6 is 0 Å². The van der Waals surface area contributed by atoms with Gasteiger partial charge < -0.3 is 10.1 Å². The number of carbonyl (C=O) groups excluding carboxylic acids is 1. The fourth-order valence-corrected chi connectivity index (χ4v) is 1.12. The molecule has 0 saturated heterocycles. The van der Waals surface area contributed by atoms with Crippen molar-refractivity contribution in [1.82, 2.24) is 5.32 Å². The summed E-state index contributed by atoms with van der Waals surface area (Å²) in [5.41, 5.74) is 0. The first-order valence-corrected chi connectivity index (χ1v) is 4.85. The number of esters is 1. The molecule has 1 atom stereocenters. The second-order valence-corrected chi connectivity index (χ2v) is 3.96. The SMILES string of the molecule is CNC(CC(C)C)C(=O)OC(C)C. The van der Waals surface area contributed by atoms with Gasteiger partial charge in [-0.1, -0.05) is 13.8 Å². The lowest BCUT2D eigenvalue weighted by atomic mass is 10.0. The molecule has 0 aliphatic heterocycles. The smallest absolute Gasteiger partial charge is 0.323 e. The van der Waals surface area contributed by atoms with Crippen molar-refractivity contribution in [3.8, 4) is 0 Å². The van der Waals surface area contributed by atoms with E-state index in [0.717, 1.165) is 6.42 Å². The monoisotopic (exact) mass is 187 g/mol. The summed E-state index contributed by atoms with van der Waals surface area (Å²) in [4.78, 5) is 11.4. The molecule has 0 amide bonds. The Morgan fingerprint density at radius 2 is 1.85 bits per heavy atom. The van der Waals surface area contributed by atoms with Crippen LogP contribution in [-0.2, 0) is 9.53 Å². The first-order valence-electron chi connectivity index (χ1n) is 4.85. The number of ether oxygens (including phenoxy) is 1. The van der Waals surface area contributed by atoms with E-state index in [1.807, 2.05) is 13.8 Å². The predicted molar refractivity (Wildman–Crippen MR) is 53.5 cm³/mol. The van der Waals surface area contributed by atoms with Crippen LogP contribution in [0.2, 0.25) is 0 Å². The molecule has 0 radical (unpaired) electrons. The van der Waals surface area contributed by atoms with E-state index in [1.54, 1.807) is 7.05 Å². The van der Waals surface area contributed by atoms with Gasteiger partial charge in [0.05, 0.1) is 6.10 Å². The summed E-state index contributed by atoms with van der Waals surface area (Å²) in [5.74, 6) is 0.350. The maximum atomic E-state index is 11.4. The van der Waals surface area contributed by atoms with Crippen LogP contribution in [0.4, 0.5) is 0 Å². The normalized spacial score (nSPS) is 13.5. The van der Waals surface area contributed by atoms with Crippen LogP contribution < -0.4 is 5.32 Å². The molecule has 3 heteroatoms. The molecule has 0 spiro atoms. The molecular weight excluding hydrogens is 166 g/mol. The van der Waals surface area contributed by atoms with E-state index >= 15 is 0 Å². The van der Waals surface area contributed by atoms with Gasteiger partial charge in [-0.25, -0.2) is 0 Å². The van der Waals surface area contributed by atoms with Crippen LogP contribution in [0.3, 0.4) is 0 Å². The van der Waals surface area contributed by atoms with Gasteiger partial charge in [0.15, 0.2) is 0 Å². The molecule has 0 rings (SSSR count). The Morgan fingerprint density at radius 3 is 2.15 bits per heavy atom. The summed E-state index contributed by atoms with van der Waals surface area (Å²) in [6.45, 7) is 7.90. The molecule has 13 heavy (non-hydrogen) atoms. The Hall–Kier alpha value is -0.570. The second-order valence-electron chi connectivity index (χ2n) is 3.96. The zero-order valence-electron chi connectivity index (χ0n) is 9.26. The molecule has 0 saturated carbocycles. The third kappa shape index (κ3) is 5.64. The van der Waals surface area contributed by atoms with E-state index in [4.69, 9.17) is 4.74 Å². The van der Waals surface area contributed by atoms with E-state index in [0.29, 0.717) is 5.92 Å². The van der Waals surface area contributed by atoms with E-state index in [1.165, 1.54) is 0 Å². The average Bonchev–Trinajstić information content (AvgIpc) is 1.98. The molecule has 0 bridgehead atoms. The van der Waals surface area contributed by atoms with Gasteiger partial charge in [-0.3, -0.25) is 4.79 Å². The van der Waals surface area contributed by atoms with Crippen molar-refractivity contribution in [3.05, 3.63) is 0 Å². The second kappa shape index (κ2) is 5.97. The lowest BCUT2D eigenvalue weighted by Gasteiger charge is -2.18. The Bertz CT molecular complexity index is 155. The fraction of sp³-hybridized carbons (Fsp3) is 0.900. The highest BCUT2D eigenvalue weighted by Crippen LogP contribution is 2.06. The molecule has 0 aliphatic carbocycles. The highest BCUT2D eigenvalue weighted by atomic mass is 16.5. The molecule has 1 unspecified atom stereocenters. The van der Waals surface area contributed by atoms with Gasteiger partial charge in [0.25, 0.3) is 0 Å². The van der Waals surface area contributed by atoms with Gasteiger partial charge in [-0.2, -0.15) is 0 Å². The first-order chi connectivity index (χ1) is 5.97. The molecule has 0 aromatic rings. The minimum atomic E-state index is -0.164. The van der Waals surface area contributed by atoms with E-state index in [-0.39, 0.29) is 18.1 Å². The minimum Gasteiger partial charge on any atom is -0.462 e. The highest BCUT2D eigenvalue weighted by Gasteiger charge is 2.19. The largest absolute Gasteiger partial charge is 0.462 e. The highest BCUT2D eigenvalue weighted by molar-refractivity contribution is 5.75. The van der Waals surface area contributed by atoms with Crippen molar-refractivity contribution in [1.29, 1.82) is 0 Å². The van der Waals surface area contributed by atoms with Gasteiger partial charge in [-0.15, -0.1) is 0 Å². The average molecular weight is 187 g/mol. The molecule has 0 aromatic carbocycles. The lowest BCUT2D eigenvalue weighted by molar-refractivity contribution is -0.150. The zero-order valence-corrected chi connectivity index (χ0v) is 9.26. The molecule has 0 aromatic heterocycles. The van der Waals surface area contributed by atoms with Crippen LogP contribution in [0, 0.1) is 5.92 Å². The third-order valence-electron chi connectivity index (χ3n) is 1.69. The topological polar surface area (TPSA) is 38.3 Å². The van der Waals surface area contributed by atoms with Gasteiger partial charge in [0.2, 0.25) is 0 Å². The maximum absolute atomic E-state index is 11.4. The van der Waals surface area contributed by atoms with Crippen molar-refractivity contribution in [2.24, 2.45) is 5.92 Å². The summed E-state index contributed by atoms with van der Waals surface area (Å²) >= 11 is 0. The van der Waals surface area contributed by atoms with Gasteiger partial charge in [0, 0.05) is 0 Å². The van der Waals surface area contributed by atoms with Crippen LogP contribution in [0.25, 0.3) is 0 Å². The van der Waals surface area contributed by atoms with E-state index in [9.17, 15) is 4.79 Å².